The lowest BCUT2D eigenvalue weighted by Gasteiger charge is -2.12. The van der Waals surface area contributed by atoms with Gasteiger partial charge in [0.1, 0.15) is 0 Å². The average molecular weight is 544 g/mol. The second-order valence-corrected chi connectivity index (χ2v) is 10.5. The van der Waals surface area contributed by atoms with Gasteiger partial charge in [0.15, 0.2) is 12.4 Å². The van der Waals surface area contributed by atoms with Crippen LogP contribution < -0.4 is 4.72 Å². The average Bonchev–Trinajstić information content (AvgIpc) is 2.82. The zero-order valence-corrected chi connectivity index (χ0v) is 21.4. The lowest BCUT2D eigenvalue weighted by atomic mass is 10.1. The molecule has 0 spiro atoms. The van der Waals surface area contributed by atoms with Gasteiger partial charge < -0.3 is 4.74 Å². The Balaban J connectivity index is 1.70. The number of sulfonamides is 1. The molecule has 0 aliphatic carbocycles. The number of rotatable bonds is 10. The predicted molar refractivity (Wildman–Crippen MR) is 136 cm³/mol. The third-order valence-electron chi connectivity index (χ3n) is 5.24. The summed E-state index contributed by atoms with van der Waals surface area (Å²) in [5, 5.41) is 0. The Hall–Kier alpha value is -2.97. The van der Waals surface area contributed by atoms with E-state index in [1.807, 2.05) is 12.1 Å². The van der Waals surface area contributed by atoms with Gasteiger partial charge in [-0.2, -0.15) is 0 Å². The molecule has 0 unspecified atom stereocenters. The molecule has 3 aromatic carbocycles. The van der Waals surface area contributed by atoms with Gasteiger partial charge in [-0.1, -0.05) is 59.6 Å². The van der Waals surface area contributed by atoms with E-state index in [1.165, 1.54) is 18.2 Å². The maximum Gasteiger partial charge on any atom is 0.338 e. The number of Topliss-reactive ketones (excluding diaryl/α,β-unsaturated/α-hetero) is 1. The fourth-order valence-corrected chi connectivity index (χ4v) is 4.88. The molecule has 0 bridgehead atoms. The quantitative estimate of drug-likeness (QED) is 0.252. The first-order chi connectivity index (χ1) is 16.2. The molecule has 3 rings (SSSR count). The lowest BCUT2D eigenvalue weighted by Crippen LogP contribution is -2.17. The molecule has 0 aromatic heterocycles. The molecule has 0 atom stereocenters. The number of carbonyl (C=O) groups excluding carboxylic acids is 2. The van der Waals surface area contributed by atoms with Crippen molar-refractivity contribution in [3.63, 3.8) is 0 Å². The van der Waals surface area contributed by atoms with Crippen LogP contribution in [0, 0.1) is 6.92 Å². The van der Waals surface area contributed by atoms with E-state index in [9.17, 15) is 18.0 Å². The van der Waals surface area contributed by atoms with Crippen LogP contribution in [0.1, 0.15) is 51.6 Å². The minimum atomic E-state index is -3.94. The summed E-state index contributed by atoms with van der Waals surface area (Å²) in [6, 6.07) is 18.2. The summed E-state index contributed by atoms with van der Waals surface area (Å²) in [6.07, 6.45) is 3.10. The van der Waals surface area contributed by atoms with Crippen molar-refractivity contribution in [1.82, 2.24) is 0 Å². The smallest absolute Gasteiger partial charge is 0.338 e. The van der Waals surface area contributed by atoms with Gasteiger partial charge in [-0.05, 0) is 67.3 Å². The Labute approximate surface area is 208 Å². The number of benzene rings is 3. The number of aryl methyl sites for hydroxylation is 2. The summed E-state index contributed by atoms with van der Waals surface area (Å²) in [6.45, 7) is 3.32. The maximum atomic E-state index is 13.0. The summed E-state index contributed by atoms with van der Waals surface area (Å²) in [5.41, 5.74) is 2.52. The second kappa shape index (κ2) is 11.4. The topological polar surface area (TPSA) is 89.5 Å². The highest BCUT2D eigenvalue weighted by atomic mass is 79.9. The fraction of sp³-hybridized carbons (Fsp3) is 0.231. The summed E-state index contributed by atoms with van der Waals surface area (Å²) in [7, 11) is -3.94. The predicted octanol–water partition coefficient (Wildman–Crippen LogP) is 5.94. The molecule has 0 amide bonds. The SMILES string of the molecule is CCCCc1ccc(NS(=O)(=O)c2cc(C(=O)OCC(=O)c3ccc(Br)cc3)ccc2C)cc1. The zero-order chi connectivity index (χ0) is 24.7. The molecule has 0 saturated carbocycles. The van der Waals surface area contributed by atoms with Crippen molar-refractivity contribution in [1.29, 1.82) is 0 Å². The highest BCUT2D eigenvalue weighted by Crippen LogP contribution is 2.22. The van der Waals surface area contributed by atoms with Crippen LogP contribution in [0.2, 0.25) is 0 Å². The summed E-state index contributed by atoms with van der Waals surface area (Å²) in [4.78, 5) is 24.7. The van der Waals surface area contributed by atoms with Gasteiger partial charge in [0.05, 0.1) is 10.5 Å². The standard InChI is InChI=1S/C26H26BrNO5S/c1-3-4-5-19-7-14-23(15-8-19)28-34(31,32)25-16-21(9-6-18(25)2)26(30)33-17-24(29)20-10-12-22(27)13-11-20/h6-16,28H,3-5,17H2,1-2H3. The first-order valence-corrected chi connectivity index (χ1v) is 13.2. The first kappa shape index (κ1) is 25.6. The number of unbranched alkanes of at least 4 members (excludes halogenated alkanes) is 1. The van der Waals surface area contributed by atoms with Gasteiger partial charge in [0, 0.05) is 15.7 Å². The van der Waals surface area contributed by atoms with Crippen LogP contribution >= 0.6 is 15.9 Å². The Kier molecular flexibility index (Phi) is 8.63. The Morgan fingerprint density at radius 3 is 2.24 bits per heavy atom. The molecule has 6 nitrogen and oxygen atoms in total. The van der Waals surface area contributed by atoms with Gasteiger partial charge in [-0.3, -0.25) is 9.52 Å². The van der Waals surface area contributed by atoms with E-state index in [1.54, 1.807) is 43.3 Å². The monoisotopic (exact) mass is 543 g/mol. The van der Waals surface area contributed by atoms with E-state index < -0.39 is 22.6 Å². The lowest BCUT2D eigenvalue weighted by molar-refractivity contribution is 0.0474. The molecule has 0 radical (unpaired) electrons. The number of anilines is 1. The van der Waals surface area contributed by atoms with Gasteiger partial charge >= 0.3 is 5.97 Å². The van der Waals surface area contributed by atoms with Crippen molar-refractivity contribution < 1.29 is 22.7 Å². The largest absolute Gasteiger partial charge is 0.454 e. The zero-order valence-electron chi connectivity index (χ0n) is 19.0. The highest BCUT2D eigenvalue weighted by molar-refractivity contribution is 9.10. The van der Waals surface area contributed by atoms with Gasteiger partial charge in [-0.25, -0.2) is 13.2 Å². The molecule has 0 fully saturated rings. The van der Waals surface area contributed by atoms with E-state index in [4.69, 9.17) is 4.74 Å². The molecular weight excluding hydrogens is 518 g/mol. The number of nitrogens with one attached hydrogen (secondary N) is 1. The number of ether oxygens (including phenoxy) is 1. The third kappa shape index (κ3) is 6.77. The normalized spacial score (nSPS) is 11.1. The molecule has 34 heavy (non-hydrogen) atoms. The van der Waals surface area contributed by atoms with E-state index in [2.05, 4.69) is 27.6 Å². The van der Waals surface area contributed by atoms with Crippen molar-refractivity contribution in [2.45, 2.75) is 38.0 Å². The van der Waals surface area contributed by atoms with E-state index in [0.29, 0.717) is 16.8 Å². The molecule has 8 heteroatoms. The van der Waals surface area contributed by atoms with Crippen LogP contribution in [0.3, 0.4) is 0 Å². The molecule has 178 valence electrons. The van der Waals surface area contributed by atoms with Gasteiger partial charge in [-0.15, -0.1) is 0 Å². The van der Waals surface area contributed by atoms with E-state index >= 15 is 0 Å². The van der Waals surface area contributed by atoms with E-state index in [0.717, 1.165) is 29.3 Å². The highest BCUT2D eigenvalue weighted by Gasteiger charge is 2.20. The summed E-state index contributed by atoms with van der Waals surface area (Å²) >= 11 is 3.30. The minimum Gasteiger partial charge on any atom is -0.454 e. The molecule has 0 heterocycles. The van der Waals surface area contributed by atoms with Crippen molar-refractivity contribution >= 4 is 43.4 Å². The number of halogens is 1. The summed E-state index contributed by atoms with van der Waals surface area (Å²) in [5.74, 6) is -1.13. The van der Waals surface area contributed by atoms with Crippen molar-refractivity contribution in [3.05, 3.63) is 93.5 Å². The van der Waals surface area contributed by atoms with Gasteiger partial charge in [0.25, 0.3) is 10.0 Å². The van der Waals surface area contributed by atoms with Crippen LogP contribution in [0.25, 0.3) is 0 Å². The van der Waals surface area contributed by atoms with Crippen LogP contribution in [0.4, 0.5) is 5.69 Å². The maximum absolute atomic E-state index is 13.0. The van der Waals surface area contributed by atoms with Crippen LogP contribution in [0.15, 0.2) is 76.1 Å². The number of carbonyl (C=O) groups is 2. The van der Waals surface area contributed by atoms with Crippen molar-refractivity contribution in [2.75, 3.05) is 11.3 Å². The van der Waals surface area contributed by atoms with Crippen LogP contribution in [-0.4, -0.2) is 26.8 Å². The first-order valence-electron chi connectivity index (χ1n) is 10.9. The fourth-order valence-electron chi connectivity index (χ4n) is 3.28. The second-order valence-electron chi connectivity index (χ2n) is 7.89. The Bertz CT molecular complexity index is 1270. The number of hydrogen-bond donors (Lipinski definition) is 1. The number of hydrogen-bond acceptors (Lipinski definition) is 5. The molecule has 0 aliphatic heterocycles. The molecule has 1 N–H and O–H groups in total. The minimum absolute atomic E-state index is 0.0313. The summed E-state index contributed by atoms with van der Waals surface area (Å²) < 4.78 is 34.5. The van der Waals surface area contributed by atoms with E-state index in [-0.39, 0.29) is 16.2 Å². The third-order valence-corrected chi connectivity index (χ3v) is 7.29. The number of ketones is 1. The van der Waals surface area contributed by atoms with Gasteiger partial charge in [0.2, 0.25) is 0 Å². The van der Waals surface area contributed by atoms with Crippen LogP contribution in [0.5, 0.6) is 0 Å². The molecule has 3 aromatic rings. The Morgan fingerprint density at radius 1 is 0.941 bits per heavy atom. The Morgan fingerprint density at radius 2 is 1.59 bits per heavy atom. The molecule has 0 aliphatic rings. The van der Waals surface area contributed by atoms with Crippen molar-refractivity contribution in [3.8, 4) is 0 Å². The number of esters is 1. The van der Waals surface area contributed by atoms with Crippen LogP contribution in [-0.2, 0) is 21.2 Å². The molecule has 0 saturated heterocycles. The van der Waals surface area contributed by atoms with Crippen molar-refractivity contribution in [2.24, 2.45) is 0 Å². The molecular formula is C26H26BrNO5S.